The van der Waals surface area contributed by atoms with Crippen LogP contribution < -0.4 is 5.32 Å². The number of fused-ring (bicyclic) bond motifs is 1. The Balaban J connectivity index is 1.90. The monoisotopic (exact) mass is 304 g/mol. The van der Waals surface area contributed by atoms with E-state index in [0.29, 0.717) is 17.1 Å². The smallest absolute Gasteiger partial charge is 0.126 e. The first-order valence-electron chi connectivity index (χ1n) is 6.35. The Hall–Kier alpha value is -2.20. The van der Waals surface area contributed by atoms with Crippen molar-refractivity contribution in [1.29, 1.82) is 0 Å². The van der Waals surface area contributed by atoms with Gasteiger partial charge < -0.3 is 5.32 Å². The molecular weight excluding hydrogens is 294 g/mol. The Bertz CT molecular complexity index is 785. The molecular formula is C16H11ClF2N2. The van der Waals surface area contributed by atoms with Crippen molar-refractivity contribution in [3.63, 3.8) is 0 Å². The molecule has 106 valence electrons. The average molecular weight is 305 g/mol. The van der Waals surface area contributed by atoms with E-state index in [-0.39, 0.29) is 0 Å². The van der Waals surface area contributed by atoms with Gasteiger partial charge in [0.05, 0.1) is 16.2 Å². The number of benzene rings is 2. The molecule has 2 aromatic carbocycles. The molecule has 0 spiro atoms. The van der Waals surface area contributed by atoms with Crippen molar-refractivity contribution in [2.45, 2.75) is 6.54 Å². The molecule has 5 heteroatoms. The highest BCUT2D eigenvalue weighted by atomic mass is 35.5. The first kappa shape index (κ1) is 13.8. The Morgan fingerprint density at radius 1 is 1.05 bits per heavy atom. The molecule has 0 unspecified atom stereocenters. The molecule has 0 aliphatic heterocycles. The zero-order chi connectivity index (χ0) is 14.8. The molecule has 1 N–H and O–H groups in total. The molecule has 3 rings (SSSR count). The summed E-state index contributed by atoms with van der Waals surface area (Å²) in [6, 6.07) is 10.7. The van der Waals surface area contributed by atoms with Gasteiger partial charge in [-0.2, -0.15) is 0 Å². The summed E-state index contributed by atoms with van der Waals surface area (Å²) in [5.41, 5.74) is 2.01. The van der Waals surface area contributed by atoms with E-state index in [0.717, 1.165) is 22.7 Å². The highest BCUT2D eigenvalue weighted by Crippen LogP contribution is 2.28. The van der Waals surface area contributed by atoms with Crippen LogP contribution in [0.25, 0.3) is 10.9 Å². The van der Waals surface area contributed by atoms with Gasteiger partial charge in [0.2, 0.25) is 0 Å². The van der Waals surface area contributed by atoms with Gasteiger partial charge in [-0.25, -0.2) is 8.78 Å². The second-order valence-corrected chi connectivity index (χ2v) is 5.03. The number of nitrogens with zero attached hydrogens (tertiary/aromatic N) is 1. The Kier molecular flexibility index (Phi) is 3.71. The third-order valence-corrected chi connectivity index (χ3v) is 3.45. The molecule has 0 aliphatic carbocycles. The summed E-state index contributed by atoms with van der Waals surface area (Å²) in [6.45, 7) is 0.294. The molecule has 0 atom stereocenters. The number of pyridine rings is 1. The summed E-state index contributed by atoms with van der Waals surface area (Å²) in [4.78, 5) is 4.29. The third kappa shape index (κ3) is 2.95. The summed E-state index contributed by atoms with van der Waals surface area (Å²) < 4.78 is 26.3. The lowest BCUT2D eigenvalue weighted by Gasteiger charge is -2.10. The van der Waals surface area contributed by atoms with Crippen LogP contribution in [0.3, 0.4) is 0 Å². The predicted octanol–water partition coefficient (Wildman–Crippen LogP) is 4.78. The number of hydrogen-bond acceptors (Lipinski definition) is 2. The van der Waals surface area contributed by atoms with Crippen molar-refractivity contribution in [3.8, 4) is 0 Å². The highest BCUT2D eigenvalue weighted by molar-refractivity contribution is 6.35. The molecule has 0 fully saturated rings. The van der Waals surface area contributed by atoms with Crippen molar-refractivity contribution in [2.24, 2.45) is 0 Å². The Morgan fingerprint density at radius 3 is 2.57 bits per heavy atom. The predicted molar refractivity (Wildman–Crippen MR) is 80.4 cm³/mol. The maximum Gasteiger partial charge on any atom is 0.126 e. The van der Waals surface area contributed by atoms with E-state index < -0.39 is 11.6 Å². The van der Waals surface area contributed by atoms with Crippen molar-refractivity contribution >= 4 is 28.2 Å². The quantitative estimate of drug-likeness (QED) is 0.753. The van der Waals surface area contributed by atoms with E-state index in [2.05, 4.69) is 10.3 Å². The van der Waals surface area contributed by atoms with E-state index in [9.17, 15) is 8.78 Å². The second-order valence-electron chi connectivity index (χ2n) is 4.63. The molecule has 1 aromatic heterocycles. The number of aromatic nitrogens is 1. The molecule has 0 bridgehead atoms. The van der Waals surface area contributed by atoms with Crippen LogP contribution in [0.4, 0.5) is 14.5 Å². The molecule has 0 amide bonds. The fraction of sp³-hybridized carbons (Fsp3) is 0.0625. The van der Waals surface area contributed by atoms with E-state index in [4.69, 9.17) is 11.6 Å². The van der Waals surface area contributed by atoms with Gasteiger partial charge >= 0.3 is 0 Å². The van der Waals surface area contributed by atoms with Crippen molar-refractivity contribution in [1.82, 2.24) is 4.98 Å². The second kappa shape index (κ2) is 5.66. The molecule has 1 heterocycles. The van der Waals surface area contributed by atoms with Gasteiger partial charge in [0.25, 0.3) is 0 Å². The largest absolute Gasteiger partial charge is 0.379 e. The first-order valence-corrected chi connectivity index (χ1v) is 6.73. The zero-order valence-electron chi connectivity index (χ0n) is 10.9. The summed E-state index contributed by atoms with van der Waals surface area (Å²) in [6.07, 6.45) is 1.67. The lowest BCUT2D eigenvalue weighted by molar-refractivity contribution is 0.580. The maximum atomic E-state index is 13.2. The molecule has 3 aromatic rings. The van der Waals surface area contributed by atoms with Crippen LogP contribution in [0.5, 0.6) is 0 Å². The average Bonchev–Trinajstić information content (AvgIpc) is 2.46. The number of anilines is 1. The van der Waals surface area contributed by atoms with Crippen LogP contribution in [0.1, 0.15) is 5.56 Å². The fourth-order valence-electron chi connectivity index (χ4n) is 2.19. The van der Waals surface area contributed by atoms with Gasteiger partial charge in [-0.3, -0.25) is 4.98 Å². The fourth-order valence-corrected chi connectivity index (χ4v) is 2.41. The number of halogens is 3. The normalized spacial score (nSPS) is 10.8. The summed E-state index contributed by atoms with van der Waals surface area (Å²) in [5.74, 6) is -1.18. The van der Waals surface area contributed by atoms with Crippen LogP contribution in [0.15, 0.2) is 48.7 Å². The lowest BCUT2D eigenvalue weighted by Crippen LogP contribution is -2.01. The van der Waals surface area contributed by atoms with Gasteiger partial charge in [0.1, 0.15) is 11.6 Å². The van der Waals surface area contributed by atoms with Crippen molar-refractivity contribution in [3.05, 3.63) is 70.9 Å². The topological polar surface area (TPSA) is 24.9 Å². The van der Waals surface area contributed by atoms with E-state index >= 15 is 0 Å². The molecule has 0 saturated carbocycles. The van der Waals surface area contributed by atoms with Crippen LogP contribution >= 0.6 is 11.6 Å². The highest BCUT2D eigenvalue weighted by Gasteiger charge is 2.06. The standard InChI is InChI=1S/C16H11ClF2N2/c17-14-3-4-15(16-13(14)2-1-5-20-16)21-9-10-6-11(18)8-12(19)7-10/h1-8,21H,9H2. The van der Waals surface area contributed by atoms with Gasteiger partial charge in [0, 0.05) is 24.2 Å². The number of hydrogen-bond donors (Lipinski definition) is 1. The van der Waals surface area contributed by atoms with Gasteiger partial charge in [-0.05, 0) is 42.0 Å². The molecule has 21 heavy (non-hydrogen) atoms. The van der Waals surface area contributed by atoms with Crippen LogP contribution in [0, 0.1) is 11.6 Å². The summed E-state index contributed by atoms with van der Waals surface area (Å²) >= 11 is 6.12. The first-order chi connectivity index (χ1) is 10.1. The Morgan fingerprint density at radius 2 is 1.81 bits per heavy atom. The van der Waals surface area contributed by atoms with E-state index in [1.807, 2.05) is 6.07 Å². The zero-order valence-corrected chi connectivity index (χ0v) is 11.7. The van der Waals surface area contributed by atoms with Crippen molar-refractivity contribution < 1.29 is 8.78 Å². The number of rotatable bonds is 3. The minimum Gasteiger partial charge on any atom is -0.379 e. The van der Waals surface area contributed by atoms with Crippen LogP contribution in [0.2, 0.25) is 5.02 Å². The summed E-state index contributed by atoms with van der Waals surface area (Å²) in [5, 5.41) is 4.57. The Labute approximate surface area is 125 Å². The van der Waals surface area contributed by atoms with E-state index in [1.54, 1.807) is 24.4 Å². The minimum atomic E-state index is -0.592. The van der Waals surface area contributed by atoms with Gasteiger partial charge in [-0.15, -0.1) is 0 Å². The summed E-state index contributed by atoms with van der Waals surface area (Å²) in [7, 11) is 0. The molecule has 2 nitrogen and oxygen atoms in total. The van der Waals surface area contributed by atoms with Crippen LogP contribution in [-0.2, 0) is 6.54 Å². The lowest BCUT2D eigenvalue weighted by atomic mass is 10.1. The molecule has 0 radical (unpaired) electrons. The van der Waals surface area contributed by atoms with Gasteiger partial charge in [-0.1, -0.05) is 11.6 Å². The minimum absolute atomic E-state index is 0.294. The van der Waals surface area contributed by atoms with Gasteiger partial charge in [0.15, 0.2) is 0 Å². The third-order valence-electron chi connectivity index (χ3n) is 3.12. The van der Waals surface area contributed by atoms with E-state index in [1.165, 1.54) is 12.1 Å². The number of nitrogens with one attached hydrogen (secondary N) is 1. The molecule has 0 aliphatic rings. The maximum absolute atomic E-state index is 13.2. The van der Waals surface area contributed by atoms with Crippen LogP contribution in [-0.4, -0.2) is 4.98 Å². The van der Waals surface area contributed by atoms with Crippen molar-refractivity contribution in [2.75, 3.05) is 5.32 Å². The SMILES string of the molecule is Fc1cc(F)cc(CNc2ccc(Cl)c3cccnc23)c1. The molecule has 0 saturated heterocycles.